The van der Waals surface area contributed by atoms with Gasteiger partial charge in [-0.2, -0.15) is 0 Å². The second kappa shape index (κ2) is 5.70. The minimum atomic E-state index is -0.414. The van der Waals surface area contributed by atoms with E-state index in [0.717, 1.165) is 28.0 Å². The van der Waals surface area contributed by atoms with Gasteiger partial charge in [0.1, 0.15) is 18.1 Å². The Hall–Kier alpha value is -1.52. The summed E-state index contributed by atoms with van der Waals surface area (Å²) in [6.45, 7) is 0.514. The Morgan fingerprint density at radius 3 is 2.90 bits per heavy atom. The van der Waals surface area contributed by atoms with Crippen molar-refractivity contribution in [2.24, 2.45) is 5.73 Å². The van der Waals surface area contributed by atoms with Crippen LogP contribution >= 0.6 is 15.9 Å². The van der Waals surface area contributed by atoms with Crippen molar-refractivity contribution >= 4 is 15.9 Å². The van der Waals surface area contributed by atoms with Crippen molar-refractivity contribution in [2.45, 2.75) is 18.4 Å². The molecule has 1 heterocycles. The van der Waals surface area contributed by atoms with Crippen LogP contribution in [0.25, 0.3) is 0 Å². The summed E-state index contributed by atoms with van der Waals surface area (Å²) in [5, 5.41) is 0. The molecule has 2 aromatic carbocycles. The van der Waals surface area contributed by atoms with E-state index >= 15 is 0 Å². The smallest absolute Gasteiger partial charge is 0.122 e. The van der Waals surface area contributed by atoms with Gasteiger partial charge < -0.3 is 15.2 Å². The number of benzene rings is 2. The van der Waals surface area contributed by atoms with Crippen LogP contribution in [0.5, 0.6) is 11.5 Å². The lowest BCUT2D eigenvalue weighted by molar-refractivity contribution is 0.189. The first-order valence-electron chi connectivity index (χ1n) is 6.92. The van der Waals surface area contributed by atoms with Gasteiger partial charge in [0.15, 0.2) is 0 Å². The third-order valence-corrected chi connectivity index (χ3v) is 4.31. The molecule has 1 aliphatic heterocycles. The van der Waals surface area contributed by atoms with Gasteiger partial charge in [-0.05, 0) is 48.2 Å². The number of ether oxygens (including phenoxy) is 2. The highest BCUT2D eigenvalue weighted by Gasteiger charge is 2.33. The summed E-state index contributed by atoms with van der Waals surface area (Å²) < 4.78 is 12.3. The van der Waals surface area contributed by atoms with Crippen molar-refractivity contribution in [3.05, 3.63) is 58.1 Å². The lowest BCUT2D eigenvalue weighted by Gasteiger charge is -2.35. The maximum atomic E-state index is 6.58. The molecule has 21 heavy (non-hydrogen) atoms. The van der Waals surface area contributed by atoms with E-state index in [1.807, 2.05) is 30.3 Å². The molecule has 0 saturated heterocycles. The number of halogens is 1. The molecule has 3 nitrogen and oxygen atoms in total. The van der Waals surface area contributed by atoms with Gasteiger partial charge in [-0.25, -0.2) is 0 Å². The monoisotopic (exact) mass is 347 g/mol. The third-order valence-electron chi connectivity index (χ3n) is 3.82. The maximum Gasteiger partial charge on any atom is 0.122 e. The number of nitrogens with two attached hydrogens (primary N) is 1. The van der Waals surface area contributed by atoms with Crippen LogP contribution in [-0.4, -0.2) is 19.3 Å². The van der Waals surface area contributed by atoms with E-state index in [1.54, 1.807) is 7.11 Å². The van der Waals surface area contributed by atoms with Gasteiger partial charge in [-0.15, -0.1) is 0 Å². The summed E-state index contributed by atoms with van der Waals surface area (Å²) in [7, 11) is 1.68. The number of hydrogen-bond acceptors (Lipinski definition) is 3. The zero-order chi connectivity index (χ0) is 14.9. The molecule has 0 amide bonds. The first-order valence-corrected chi connectivity index (χ1v) is 7.71. The molecule has 110 valence electrons. The quantitative estimate of drug-likeness (QED) is 0.925. The van der Waals surface area contributed by atoms with E-state index in [1.165, 1.54) is 5.56 Å². The Labute approximate surface area is 133 Å². The minimum Gasteiger partial charge on any atom is -0.496 e. The molecule has 0 fully saturated rings. The number of hydrogen-bond donors (Lipinski definition) is 1. The van der Waals surface area contributed by atoms with E-state index in [-0.39, 0.29) is 0 Å². The maximum absolute atomic E-state index is 6.58. The summed E-state index contributed by atoms with van der Waals surface area (Å²) in [4.78, 5) is 0. The SMILES string of the molecule is COc1ccc(Br)cc1CC1(N)COc2ccccc2C1. The van der Waals surface area contributed by atoms with Crippen LogP contribution in [0.15, 0.2) is 46.9 Å². The highest BCUT2D eigenvalue weighted by molar-refractivity contribution is 9.10. The molecule has 0 radical (unpaired) electrons. The van der Waals surface area contributed by atoms with E-state index in [4.69, 9.17) is 15.2 Å². The molecule has 1 aliphatic rings. The van der Waals surface area contributed by atoms with Gasteiger partial charge in [-0.3, -0.25) is 0 Å². The van der Waals surface area contributed by atoms with Crippen molar-refractivity contribution in [1.82, 2.24) is 0 Å². The fraction of sp³-hybridized carbons (Fsp3) is 0.294. The van der Waals surface area contributed by atoms with Crippen molar-refractivity contribution < 1.29 is 9.47 Å². The Morgan fingerprint density at radius 2 is 2.10 bits per heavy atom. The van der Waals surface area contributed by atoms with Gasteiger partial charge >= 0.3 is 0 Å². The topological polar surface area (TPSA) is 44.5 Å². The fourth-order valence-corrected chi connectivity index (χ4v) is 3.23. The number of fused-ring (bicyclic) bond motifs is 1. The Kier molecular flexibility index (Phi) is 3.91. The molecular weight excluding hydrogens is 330 g/mol. The van der Waals surface area contributed by atoms with Gasteiger partial charge in [0.2, 0.25) is 0 Å². The summed E-state index contributed by atoms with van der Waals surface area (Å²) in [5.41, 5.74) is 8.43. The van der Waals surface area contributed by atoms with Crippen LogP contribution in [0.1, 0.15) is 11.1 Å². The van der Waals surface area contributed by atoms with Gasteiger partial charge in [0.05, 0.1) is 12.6 Å². The highest BCUT2D eigenvalue weighted by atomic mass is 79.9. The molecule has 0 aliphatic carbocycles. The highest BCUT2D eigenvalue weighted by Crippen LogP contribution is 2.32. The van der Waals surface area contributed by atoms with Crippen LogP contribution in [0, 0.1) is 0 Å². The number of para-hydroxylation sites is 1. The molecule has 4 heteroatoms. The number of rotatable bonds is 3. The van der Waals surface area contributed by atoms with E-state index in [2.05, 4.69) is 28.1 Å². The summed E-state index contributed by atoms with van der Waals surface area (Å²) in [5.74, 6) is 1.81. The molecule has 1 unspecified atom stereocenters. The Bertz CT molecular complexity index is 659. The molecule has 2 N–H and O–H groups in total. The average molecular weight is 348 g/mol. The largest absolute Gasteiger partial charge is 0.496 e. The fourth-order valence-electron chi connectivity index (χ4n) is 2.82. The first-order chi connectivity index (χ1) is 10.1. The molecular formula is C17H18BrNO2. The molecule has 0 spiro atoms. The summed E-state index contributed by atoms with van der Waals surface area (Å²) in [6, 6.07) is 14.1. The van der Waals surface area contributed by atoms with E-state index in [9.17, 15) is 0 Å². The second-order valence-corrected chi connectivity index (χ2v) is 6.48. The van der Waals surface area contributed by atoms with Crippen molar-refractivity contribution in [3.63, 3.8) is 0 Å². The van der Waals surface area contributed by atoms with Crippen LogP contribution in [0.2, 0.25) is 0 Å². The predicted octanol–water partition coefficient (Wildman–Crippen LogP) is 3.33. The second-order valence-electron chi connectivity index (χ2n) is 5.57. The van der Waals surface area contributed by atoms with Crippen LogP contribution in [-0.2, 0) is 12.8 Å². The third kappa shape index (κ3) is 3.06. The van der Waals surface area contributed by atoms with Gasteiger partial charge in [0, 0.05) is 4.47 Å². The zero-order valence-corrected chi connectivity index (χ0v) is 13.5. The molecule has 0 saturated carbocycles. The van der Waals surface area contributed by atoms with Crippen LogP contribution in [0.4, 0.5) is 0 Å². The van der Waals surface area contributed by atoms with E-state index < -0.39 is 5.54 Å². The molecule has 0 bridgehead atoms. The Balaban J connectivity index is 1.87. The van der Waals surface area contributed by atoms with Crippen molar-refractivity contribution in [2.75, 3.05) is 13.7 Å². The minimum absolute atomic E-state index is 0.414. The van der Waals surface area contributed by atoms with Gasteiger partial charge in [-0.1, -0.05) is 34.1 Å². The van der Waals surface area contributed by atoms with Gasteiger partial charge in [0.25, 0.3) is 0 Å². The lowest BCUT2D eigenvalue weighted by Crippen LogP contribution is -2.51. The van der Waals surface area contributed by atoms with Crippen molar-refractivity contribution in [1.29, 1.82) is 0 Å². The van der Waals surface area contributed by atoms with Crippen LogP contribution in [0.3, 0.4) is 0 Å². The van der Waals surface area contributed by atoms with Crippen molar-refractivity contribution in [3.8, 4) is 11.5 Å². The van der Waals surface area contributed by atoms with E-state index in [0.29, 0.717) is 13.0 Å². The normalized spacial score (nSPS) is 20.5. The predicted molar refractivity (Wildman–Crippen MR) is 87.0 cm³/mol. The number of methoxy groups -OCH3 is 1. The lowest BCUT2D eigenvalue weighted by atomic mass is 9.84. The molecule has 2 aromatic rings. The van der Waals surface area contributed by atoms with Crippen LogP contribution < -0.4 is 15.2 Å². The molecule has 1 atom stereocenters. The Morgan fingerprint density at radius 1 is 1.29 bits per heavy atom. The zero-order valence-electron chi connectivity index (χ0n) is 11.9. The summed E-state index contributed by atoms with van der Waals surface area (Å²) in [6.07, 6.45) is 1.52. The average Bonchev–Trinajstić information content (AvgIpc) is 2.47. The molecule has 0 aromatic heterocycles. The standard InChI is InChI=1S/C17H18BrNO2/c1-20-15-7-6-14(18)8-13(15)10-17(19)9-12-4-2-3-5-16(12)21-11-17/h2-8H,9-11,19H2,1H3. The first kappa shape index (κ1) is 14.4. The molecule has 3 rings (SSSR count). The summed E-state index contributed by atoms with van der Waals surface area (Å²) >= 11 is 3.51.